The lowest BCUT2D eigenvalue weighted by Gasteiger charge is -2.04. The molecule has 4 N–H and O–H groups in total. The van der Waals surface area contributed by atoms with Gasteiger partial charge in [-0.15, -0.1) is 0 Å². The van der Waals surface area contributed by atoms with E-state index in [-0.39, 0.29) is 5.91 Å². The maximum Gasteiger partial charge on any atom is 0.271 e. The summed E-state index contributed by atoms with van der Waals surface area (Å²) in [6, 6.07) is 3.83. The van der Waals surface area contributed by atoms with Gasteiger partial charge in [-0.3, -0.25) is 14.9 Å². The van der Waals surface area contributed by atoms with Gasteiger partial charge in [-0.1, -0.05) is 0 Å². The van der Waals surface area contributed by atoms with Crippen molar-refractivity contribution >= 4 is 11.6 Å². The van der Waals surface area contributed by atoms with Crippen molar-refractivity contribution < 1.29 is 4.79 Å². The lowest BCUT2D eigenvalue weighted by molar-refractivity contribution is 0.0950. The zero-order valence-electron chi connectivity index (χ0n) is 9.18. The van der Waals surface area contributed by atoms with Gasteiger partial charge in [0.15, 0.2) is 0 Å². The predicted octanol–water partition coefficient (Wildman–Crippen LogP) is 0.359. The van der Waals surface area contributed by atoms with Crippen molar-refractivity contribution in [2.24, 2.45) is 0 Å². The largest absolute Gasteiger partial charge is 0.396 e. The van der Waals surface area contributed by atoms with E-state index in [1.807, 2.05) is 12.1 Å². The molecule has 0 aromatic carbocycles. The van der Waals surface area contributed by atoms with Crippen molar-refractivity contribution in [3.8, 4) is 0 Å². The predicted molar refractivity (Wildman–Crippen MR) is 63.3 cm³/mol. The fraction of sp³-hybridized carbons (Fsp3) is 0.182. The maximum absolute atomic E-state index is 11.6. The van der Waals surface area contributed by atoms with Crippen LogP contribution in [0.5, 0.6) is 0 Å². The smallest absolute Gasteiger partial charge is 0.271 e. The number of hydrogen-bond acceptors (Lipinski definition) is 4. The zero-order chi connectivity index (χ0) is 12.1. The normalized spacial score (nSPS) is 10.1. The van der Waals surface area contributed by atoms with E-state index in [1.165, 1.54) is 6.20 Å². The monoisotopic (exact) mass is 231 g/mol. The van der Waals surface area contributed by atoms with Gasteiger partial charge < -0.3 is 11.1 Å². The van der Waals surface area contributed by atoms with E-state index in [0.29, 0.717) is 17.9 Å². The standard InChI is InChI=1S/C11H13N5O/c12-9-7-15-16-10(9)11(17)14-6-3-8-1-4-13-5-2-8/h1-2,4-5,7H,3,6,12H2,(H,14,17)(H,15,16). The highest BCUT2D eigenvalue weighted by Crippen LogP contribution is 2.05. The fourth-order valence-corrected chi connectivity index (χ4v) is 1.44. The molecule has 6 nitrogen and oxygen atoms in total. The summed E-state index contributed by atoms with van der Waals surface area (Å²) in [5.41, 5.74) is 7.34. The van der Waals surface area contributed by atoms with Gasteiger partial charge in [0.25, 0.3) is 5.91 Å². The third kappa shape index (κ3) is 2.81. The maximum atomic E-state index is 11.6. The molecule has 0 aliphatic rings. The molecule has 0 spiro atoms. The zero-order valence-corrected chi connectivity index (χ0v) is 9.18. The number of nitrogens with zero attached hydrogens (tertiary/aromatic N) is 2. The third-order valence-electron chi connectivity index (χ3n) is 2.34. The Bertz CT molecular complexity index is 494. The van der Waals surface area contributed by atoms with Gasteiger partial charge in [0.2, 0.25) is 0 Å². The molecule has 17 heavy (non-hydrogen) atoms. The van der Waals surface area contributed by atoms with Gasteiger partial charge in [0.05, 0.1) is 11.9 Å². The summed E-state index contributed by atoms with van der Waals surface area (Å²) in [6.07, 6.45) is 5.62. The van der Waals surface area contributed by atoms with Gasteiger partial charge in [0, 0.05) is 18.9 Å². The summed E-state index contributed by atoms with van der Waals surface area (Å²) in [6.45, 7) is 0.543. The summed E-state index contributed by atoms with van der Waals surface area (Å²) in [5, 5.41) is 9.01. The van der Waals surface area contributed by atoms with Crippen LogP contribution < -0.4 is 11.1 Å². The Labute approximate surface area is 98.3 Å². The molecule has 2 aromatic rings. The van der Waals surface area contributed by atoms with E-state index >= 15 is 0 Å². The quantitative estimate of drug-likeness (QED) is 0.707. The van der Waals surface area contributed by atoms with Crippen LogP contribution in [-0.4, -0.2) is 27.6 Å². The number of rotatable bonds is 4. The SMILES string of the molecule is Nc1cn[nH]c1C(=O)NCCc1ccncc1. The number of hydrogen-bond donors (Lipinski definition) is 3. The molecule has 2 rings (SSSR count). The van der Waals surface area contributed by atoms with Crippen LogP contribution in [0.15, 0.2) is 30.7 Å². The molecule has 6 heteroatoms. The Morgan fingerprint density at radius 2 is 2.18 bits per heavy atom. The highest BCUT2D eigenvalue weighted by Gasteiger charge is 2.10. The summed E-state index contributed by atoms with van der Waals surface area (Å²) < 4.78 is 0. The average Bonchev–Trinajstić information content (AvgIpc) is 2.77. The van der Waals surface area contributed by atoms with Crippen LogP contribution in [0, 0.1) is 0 Å². The number of carbonyl (C=O) groups excluding carboxylic acids is 1. The number of pyridine rings is 1. The second-order valence-electron chi connectivity index (χ2n) is 3.56. The van der Waals surface area contributed by atoms with E-state index < -0.39 is 0 Å². The molecule has 0 bridgehead atoms. The number of amides is 1. The summed E-state index contributed by atoms with van der Waals surface area (Å²) in [5.74, 6) is -0.242. The lowest BCUT2D eigenvalue weighted by Crippen LogP contribution is -2.26. The van der Waals surface area contributed by atoms with Gasteiger partial charge in [0.1, 0.15) is 5.69 Å². The Morgan fingerprint density at radius 1 is 1.41 bits per heavy atom. The molecule has 0 aliphatic heterocycles. The first-order chi connectivity index (χ1) is 8.27. The van der Waals surface area contributed by atoms with Crippen LogP contribution in [-0.2, 0) is 6.42 Å². The van der Waals surface area contributed by atoms with Crippen LogP contribution in [0.2, 0.25) is 0 Å². The number of carbonyl (C=O) groups is 1. The Kier molecular flexibility index (Phi) is 3.34. The molecular weight excluding hydrogens is 218 g/mol. The molecule has 0 radical (unpaired) electrons. The van der Waals surface area contributed by atoms with E-state index in [1.54, 1.807) is 12.4 Å². The van der Waals surface area contributed by atoms with E-state index in [0.717, 1.165) is 12.0 Å². The van der Waals surface area contributed by atoms with Gasteiger partial charge in [-0.2, -0.15) is 5.10 Å². The van der Waals surface area contributed by atoms with Crippen LogP contribution in [0.3, 0.4) is 0 Å². The van der Waals surface area contributed by atoms with Crippen molar-refractivity contribution in [2.45, 2.75) is 6.42 Å². The second-order valence-corrected chi connectivity index (χ2v) is 3.56. The molecule has 0 fully saturated rings. The van der Waals surface area contributed by atoms with Crippen LogP contribution >= 0.6 is 0 Å². The molecule has 2 aromatic heterocycles. The van der Waals surface area contributed by atoms with Crippen LogP contribution in [0.25, 0.3) is 0 Å². The highest BCUT2D eigenvalue weighted by atomic mass is 16.1. The first-order valence-corrected chi connectivity index (χ1v) is 5.23. The minimum Gasteiger partial charge on any atom is -0.396 e. The number of H-pyrrole nitrogens is 1. The first-order valence-electron chi connectivity index (χ1n) is 5.23. The van der Waals surface area contributed by atoms with Gasteiger partial charge >= 0.3 is 0 Å². The third-order valence-corrected chi connectivity index (χ3v) is 2.34. The van der Waals surface area contributed by atoms with Gasteiger partial charge in [-0.25, -0.2) is 0 Å². The number of nitrogens with one attached hydrogen (secondary N) is 2. The summed E-state index contributed by atoms with van der Waals surface area (Å²) in [4.78, 5) is 15.6. The Hall–Kier alpha value is -2.37. The molecule has 0 atom stereocenters. The van der Waals surface area contributed by atoms with Crippen molar-refractivity contribution in [2.75, 3.05) is 12.3 Å². The highest BCUT2D eigenvalue weighted by molar-refractivity contribution is 5.96. The number of nitrogen functional groups attached to an aromatic ring is 1. The van der Waals surface area contributed by atoms with Crippen molar-refractivity contribution in [1.29, 1.82) is 0 Å². The minimum atomic E-state index is -0.242. The van der Waals surface area contributed by atoms with Gasteiger partial charge in [-0.05, 0) is 24.1 Å². The average molecular weight is 231 g/mol. The lowest BCUT2D eigenvalue weighted by atomic mass is 10.2. The number of aromatic nitrogens is 3. The molecule has 88 valence electrons. The Balaban J connectivity index is 1.84. The fourth-order valence-electron chi connectivity index (χ4n) is 1.44. The van der Waals surface area contributed by atoms with Crippen molar-refractivity contribution in [1.82, 2.24) is 20.5 Å². The van der Waals surface area contributed by atoms with Crippen LogP contribution in [0.1, 0.15) is 16.1 Å². The van der Waals surface area contributed by atoms with Crippen molar-refractivity contribution in [3.63, 3.8) is 0 Å². The first kappa shape index (κ1) is 11.1. The number of aromatic amines is 1. The molecule has 2 heterocycles. The molecule has 0 unspecified atom stereocenters. The van der Waals surface area contributed by atoms with E-state index in [2.05, 4.69) is 20.5 Å². The molecular formula is C11H13N5O. The second kappa shape index (κ2) is 5.11. The van der Waals surface area contributed by atoms with Crippen LogP contribution in [0.4, 0.5) is 5.69 Å². The Morgan fingerprint density at radius 3 is 2.82 bits per heavy atom. The molecule has 0 aliphatic carbocycles. The molecule has 0 saturated heterocycles. The van der Waals surface area contributed by atoms with Crippen molar-refractivity contribution in [3.05, 3.63) is 42.0 Å². The van der Waals surface area contributed by atoms with E-state index in [9.17, 15) is 4.79 Å². The molecule has 0 saturated carbocycles. The minimum absolute atomic E-state index is 0.242. The summed E-state index contributed by atoms with van der Waals surface area (Å²) in [7, 11) is 0. The topological polar surface area (TPSA) is 96.7 Å². The number of nitrogens with two attached hydrogens (primary N) is 1. The number of anilines is 1. The molecule has 1 amide bonds. The van der Waals surface area contributed by atoms with E-state index in [4.69, 9.17) is 5.73 Å². The summed E-state index contributed by atoms with van der Waals surface area (Å²) >= 11 is 0.